The number of carbonyl (C=O) groups is 1. The van der Waals surface area contributed by atoms with Crippen molar-refractivity contribution in [1.82, 2.24) is 10.2 Å². The van der Waals surface area contributed by atoms with Crippen LogP contribution in [-0.2, 0) is 4.79 Å². The molecule has 1 saturated carbocycles. The highest BCUT2D eigenvalue weighted by Gasteiger charge is 2.23. The van der Waals surface area contributed by atoms with Crippen molar-refractivity contribution >= 4 is 5.91 Å². The first kappa shape index (κ1) is 16.4. The van der Waals surface area contributed by atoms with Crippen LogP contribution in [0.5, 0.6) is 0 Å². The Balaban J connectivity index is 2.33. The smallest absolute Gasteiger partial charge is 0.234 e. The topological polar surface area (TPSA) is 58.4 Å². The summed E-state index contributed by atoms with van der Waals surface area (Å²) in [7, 11) is 2.18. The van der Waals surface area contributed by atoms with Crippen LogP contribution in [0, 0.1) is 5.92 Å². The quantitative estimate of drug-likeness (QED) is 0.705. The van der Waals surface area contributed by atoms with Gasteiger partial charge in [0.2, 0.25) is 5.91 Å². The summed E-state index contributed by atoms with van der Waals surface area (Å²) in [5, 5.41) is 3.23. The van der Waals surface area contributed by atoms with Crippen molar-refractivity contribution in [3.63, 3.8) is 0 Å². The van der Waals surface area contributed by atoms with E-state index in [1.807, 2.05) is 0 Å². The Morgan fingerprint density at radius 1 is 1.47 bits per heavy atom. The molecule has 4 heteroatoms. The van der Waals surface area contributed by atoms with Gasteiger partial charge in [0.25, 0.3) is 0 Å². The predicted molar refractivity (Wildman–Crippen MR) is 79.9 cm³/mol. The van der Waals surface area contributed by atoms with Gasteiger partial charge < -0.3 is 16.0 Å². The van der Waals surface area contributed by atoms with Crippen LogP contribution in [0.4, 0.5) is 0 Å². The predicted octanol–water partition coefficient (Wildman–Crippen LogP) is 1.74. The Morgan fingerprint density at radius 3 is 2.79 bits per heavy atom. The molecule has 0 aromatic heterocycles. The van der Waals surface area contributed by atoms with Gasteiger partial charge in [0.1, 0.15) is 0 Å². The van der Waals surface area contributed by atoms with Crippen molar-refractivity contribution in [3.8, 4) is 0 Å². The number of amides is 1. The van der Waals surface area contributed by atoms with E-state index in [0.717, 1.165) is 31.8 Å². The summed E-state index contributed by atoms with van der Waals surface area (Å²) in [5.74, 6) is 0.616. The van der Waals surface area contributed by atoms with E-state index in [-0.39, 0.29) is 11.9 Å². The van der Waals surface area contributed by atoms with E-state index in [9.17, 15) is 4.79 Å². The molecule has 1 aliphatic rings. The van der Waals surface area contributed by atoms with Crippen LogP contribution in [0.1, 0.15) is 52.4 Å². The Hall–Kier alpha value is -0.610. The molecule has 0 heterocycles. The van der Waals surface area contributed by atoms with E-state index in [2.05, 4.69) is 31.1 Å². The fraction of sp³-hybridized carbons (Fsp3) is 0.933. The lowest BCUT2D eigenvalue weighted by Gasteiger charge is -2.34. The largest absolute Gasteiger partial charge is 0.368 e. The lowest BCUT2D eigenvalue weighted by Crippen LogP contribution is -2.45. The summed E-state index contributed by atoms with van der Waals surface area (Å²) >= 11 is 0. The molecule has 1 amide bonds. The molecule has 3 N–H and O–H groups in total. The van der Waals surface area contributed by atoms with Gasteiger partial charge in [0.15, 0.2) is 0 Å². The fourth-order valence-corrected chi connectivity index (χ4v) is 2.98. The van der Waals surface area contributed by atoms with Crippen LogP contribution in [0.15, 0.2) is 0 Å². The first-order chi connectivity index (χ1) is 9.04. The number of nitrogens with zero attached hydrogens (tertiary/aromatic N) is 1. The van der Waals surface area contributed by atoms with Gasteiger partial charge in [-0.05, 0) is 45.2 Å². The molecule has 0 bridgehead atoms. The third-order valence-corrected chi connectivity index (χ3v) is 4.29. The fourth-order valence-electron chi connectivity index (χ4n) is 2.98. The molecule has 19 heavy (non-hydrogen) atoms. The molecule has 0 aromatic carbocycles. The maximum Gasteiger partial charge on any atom is 0.234 e. The minimum absolute atomic E-state index is 0.177. The van der Waals surface area contributed by atoms with E-state index >= 15 is 0 Å². The van der Waals surface area contributed by atoms with E-state index in [1.165, 1.54) is 25.7 Å². The number of nitrogens with one attached hydrogen (secondary N) is 1. The zero-order valence-electron chi connectivity index (χ0n) is 12.8. The number of primary amides is 1. The van der Waals surface area contributed by atoms with Crippen LogP contribution >= 0.6 is 0 Å². The van der Waals surface area contributed by atoms with E-state index in [1.54, 1.807) is 0 Å². The molecule has 112 valence electrons. The number of rotatable bonds is 8. The summed E-state index contributed by atoms with van der Waals surface area (Å²) in [5.41, 5.74) is 5.44. The Bertz CT molecular complexity index is 270. The highest BCUT2D eigenvalue weighted by atomic mass is 16.1. The number of hydrogen-bond donors (Lipinski definition) is 2. The van der Waals surface area contributed by atoms with E-state index in [0.29, 0.717) is 6.04 Å². The van der Waals surface area contributed by atoms with Crippen LogP contribution in [0.25, 0.3) is 0 Å². The summed E-state index contributed by atoms with van der Waals surface area (Å²) in [6, 6.07) is 0.506. The zero-order valence-corrected chi connectivity index (χ0v) is 12.8. The van der Waals surface area contributed by atoms with Gasteiger partial charge in [0.05, 0.1) is 6.04 Å². The second kappa shape index (κ2) is 8.54. The standard InChI is InChI=1S/C15H31N3O/c1-4-9-17-14(15(16)19)8-10-18(3)13-7-5-6-12(2)11-13/h12-14,17H,4-11H2,1-3H3,(H2,16,19). The molecule has 1 aliphatic carbocycles. The molecule has 3 unspecified atom stereocenters. The maximum absolute atomic E-state index is 11.4. The van der Waals surface area contributed by atoms with Crippen molar-refractivity contribution in [2.75, 3.05) is 20.1 Å². The zero-order chi connectivity index (χ0) is 14.3. The van der Waals surface area contributed by atoms with Crippen molar-refractivity contribution in [2.45, 2.75) is 64.5 Å². The van der Waals surface area contributed by atoms with Crippen molar-refractivity contribution in [2.24, 2.45) is 11.7 Å². The summed E-state index contributed by atoms with van der Waals surface area (Å²) < 4.78 is 0. The van der Waals surface area contributed by atoms with Crippen LogP contribution in [0.3, 0.4) is 0 Å². The Morgan fingerprint density at radius 2 is 2.21 bits per heavy atom. The van der Waals surface area contributed by atoms with Gasteiger partial charge in [-0.25, -0.2) is 0 Å². The second-order valence-corrected chi connectivity index (χ2v) is 6.10. The van der Waals surface area contributed by atoms with Crippen LogP contribution < -0.4 is 11.1 Å². The summed E-state index contributed by atoms with van der Waals surface area (Å²) in [4.78, 5) is 13.8. The summed E-state index contributed by atoms with van der Waals surface area (Å²) in [6.45, 7) is 6.25. The molecular formula is C15H31N3O. The minimum Gasteiger partial charge on any atom is -0.368 e. The first-order valence-corrected chi connectivity index (χ1v) is 7.77. The van der Waals surface area contributed by atoms with Gasteiger partial charge >= 0.3 is 0 Å². The number of carbonyl (C=O) groups excluding carboxylic acids is 1. The molecule has 4 nitrogen and oxygen atoms in total. The normalized spacial score (nSPS) is 25.5. The molecular weight excluding hydrogens is 238 g/mol. The van der Waals surface area contributed by atoms with Crippen LogP contribution in [-0.4, -0.2) is 43.0 Å². The molecule has 1 fully saturated rings. The second-order valence-electron chi connectivity index (χ2n) is 6.10. The van der Waals surface area contributed by atoms with E-state index in [4.69, 9.17) is 5.73 Å². The Kier molecular flexibility index (Phi) is 7.39. The highest BCUT2D eigenvalue weighted by molar-refractivity contribution is 5.79. The van der Waals surface area contributed by atoms with Crippen molar-refractivity contribution < 1.29 is 4.79 Å². The van der Waals surface area contributed by atoms with Gasteiger partial charge in [-0.1, -0.05) is 26.7 Å². The van der Waals surface area contributed by atoms with E-state index < -0.39 is 0 Å². The van der Waals surface area contributed by atoms with Crippen LogP contribution in [0.2, 0.25) is 0 Å². The Labute approximate surface area is 118 Å². The minimum atomic E-state index is -0.223. The first-order valence-electron chi connectivity index (χ1n) is 7.77. The molecule has 0 spiro atoms. The third-order valence-electron chi connectivity index (χ3n) is 4.29. The molecule has 0 radical (unpaired) electrons. The SMILES string of the molecule is CCCNC(CCN(C)C1CCCC(C)C1)C(N)=O. The average Bonchev–Trinajstić information content (AvgIpc) is 2.38. The summed E-state index contributed by atoms with van der Waals surface area (Å²) in [6.07, 6.45) is 7.14. The van der Waals surface area contributed by atoms with Gasteiger partial charge in [-0.2, -0.15) is 0 Å². The van der Waals surface area contributed by atoms with Gasteiger partial charge in [-0.15, -0.1) is 0 Å². The molecule has 1 rings (SSSR count). The molecule has 0 aliphatic heterocycles. The highest BCUT2D eigenvalue weighted by Crippen LogP contribution is 2.26. The third kappa shape index (κ3) is 5.91. The molecule has 3 atom stereocenters. The number of nitrogens with two attached hydrogens (primary N) is 1. The lowest BCUT2D eigenvalue weighted by molar-refractivity contribution is -0.120. The maximum atomic E-state index is 11.4. The molecule has 0 saturated heterocycles. The number of hydrogen-bond acceptors (Lipinski definition) is 3. The van der Waals surface area contributed by atoms with Crippen molar-refractivity contribution in [3.05, 3.63) is 0 Å². The van der Waals surface area contributed by atoms with Crippen molar-refractivity contribution in [1.29, 1.82) is 0 Å². The molecule has 0 aromatic rings. The average molecular weight is 269 g/mol. The monoisotopic (exact) mass is 269 g/mol. The van der Waals surface area contributed by atoms with Gasteiger partial charge in [-0.3, -0.25) is 4.79 Å². The van der Waals surface area contributed by atoms with Gasteiger partial charge in [0, 0.05) is 12.6 Å². The lowest BCUT2D eigenvalue weighted by atomic mass is 9.86.